The molecule has 0 fully saturated rings. The van der Waals surface area contributed by atoms with E-state index in [9.17, 15) is 4.79 Å². The molecule has 1 aromatic heterocycles. The van der Waals surface area contributed by atoms with Crippen molar-refractivity contribution in [1.82, 2.24) is 15.5 Å². The summed E-state index contributed by atoms with van der Waals surface area (Å²) >= 11 is 2.25. The van der Waals surface area contributed by atoms with Crippen LogP contribution in [0.1, 0.15) is 30.8 Å². The van der Waals surface area contributed by atoms with E-state index in [1.165, 1.54) is 0 Å². The second kappa shape index (κ2) is 8.24. The Kier molecular flexibility index (Phi) is 5.80. The van der Waals surface area contributed by atoms with Crippen LogP contribution in [0.4, 0.5) is 0 Å². The van der Waals surface area contributed by atoms with Crippen molar-refractivity contribution < 1.29 is 9.32 Å². The van der Waals surface area contributed by atoms with Crippen LogP contribution in [0.15, 0.2) is 59.1 Å². The topological polar surface area (TPSA) is 68.0 Å². The van der Waals surface area contributed by atoms with E-state index < -0.39 is 0 Å². The molecule has 1 atom stereocenters. The van der Waals surface area contributed by atoms with Gasteiger partial charge in [-0.2, -0.15) is 4.98 Å². The first-order valence-electron chi connectivity index (χ1n) is 8.04. The molecule has 1 amide bonds. The maximum atomic E-state index is 12.1. The van der Waals surface area contributed by atoms with Gasteiger partial charge in [-0.15, -0.1) is 0 Å². The second-order valence-electron chi connectivity index (χ2n) is 5.72. The lowest BCUT2D eigenvalue weighted by Crippen LogP contribution is -2.26. The van der Waals surface area contributed by atoms with Crippen LogP contribution in [-0.2, 0) is 11.2 Å². The van der Waals surface area contributed by atoms with Crippen LogP contribution in [0.3, 0.4) is 0 Å². The SMILES string of the molecule is C[C@H](NC(=O)CCc1nc(-c2ccc(I)cc2)no1)c1ccccc1. The zero-order valence-corrected chi connectivity index (χ0v) is 15.9. The Bertz CT molecular complexity index is 831. The first kappa shape index (κ1) is 17.6. The van der Waals surface area contributed by atoms with E-state index >= 15 is 0 Å². The van der Waals surface area contributed by atoms with Crippen molar-refractivity contribution >= 4 is 28.5 Å². The van der Waals surface area contributed by atoms with Crippen LogP contribution in [0, 0.1) is 3.57 Å². The largest absolute Gasteiger partial charge is 0.350 e. The number of aromatic nitrogens is 2. The summed E-state index contributed by atoms with van der Waals surface area (Å²) in [5, 5.41) is 6.96. The molecule has 3 aromatic rings. The average Bonchev–Trinajstić information content (AvgIpc) is 3.10. The van der Waals surface area contributed by atoms with Gasteiger partial charge in [0.05, 0.1) is 6.04 Å². The zero-order valence-electron chi connectivity index (χ0n) is 13.8. The van der Waals surface area contributed by atoms with E-state index in [2.05, 4.69) is 38.0 Å². The fraction of sp³-hybridized carbons (Fsp3) is 0.211. The molecule has 6 heteroatoms. The Hall–Kier alpha value is -2.22. The number of hydrogen-bond acceptors (Lipinski definition) is 4. The number of nitrogens with zero attached hydrogens (tertiary/aromatic N) is 2. The van der Waals surface area contributed by atoms with Crippen LogP contribution in [0.5, 0.6) is 0 Å². The summed E-state index contributed by atoms with van der Waals surface area (Å²) in [6.45, 7) is 1.97. The predicted molar refractivity (Wildman–Crippen MR) is 104 cm³/mol. The van der Waals surface area contributed by atoms with Gasteiger partial charge >= 0.3 is 0 Å². The number of carbonyl (C=O) groups is 1. The fourth-order valence-electron chi connectivity index (χ4n) is 2.43. The number of benzene rings is 2. The third-order valence-electron chi connectivity index (χ3n) is 3.81. The van der Waals surface area contributed by atoms with Crippen molar-refractivity contribution in [2.24, 2.45) is 0 Å². The Morgan fingerprint density at radius 3 is 2.60 bits per heavy atom. The summed E-state index contributed by atoms with van der Waals surface area (Å²) in [6, 6.07) is 17.7. The molecule has 1 N–H and O–H groups in total. The summed E-state index contributed by atoms with van der Waals surface area (Å²) in [7, 11) is 0. The lowest BCUT2D eigenvalue weighted by Gasteiger charge is -2.13. The van der Waals surface area contributed by atoms with Crippen molar-refractivity contribution in [3.05, 3.63) is 69.6 Å². The normalized spacial score (nSPS) is 11.9. The molecule has 0 aliphatic carbocycles. The fourth-order valence-corrected chi connectivity index (χ4v) is 2.79. The maximum absolute atomic E-state index is 12.1. The van der Waals surface area contributed by atoms with Crippen LogP contribution in [0.2, 0.25) is 0 Å². The smallest absolute Gasteiger partial charge is 0.227 e. The summed E-state index contributed by atoms with van der Waals surface area (Å²) in [4.78, 5) is 16.5. The number of nitrogens with one attached hydrogen (secondary N) is 1. The van der Waals surface area contributed by atoms with Crippen LogP contribution in [-0.4, -0.2) is 16.0 Å². The summed E-state index contributed by atoms with van der Waals surface area (Å²) < 4.78 is 6.39. The molecule has 0 spiro atoms. The minimum absolute atomic E-state index is 0.0289. The predicted octanol–water partition coefficient (Wildman–Crippen LogP) is 4.15. The summed E-state index contributed by atoms with van der Waals surface area (Å²) in [5.41, 5.74) is 1.98. The molecule has 3 rings (SSSR count). The molecule has 5 nitrogen and oxygen atoms in total. The van der Waals surface area contributed by atoms with Gasteiger partial charge in [-0.3, -0.25) is 4.79 Å². The van der Waals surface area contributed by atoms with E-state index in [1.807, 2.05) is 61.5 Å². The third-order valence-corrected chi connectivity index (χ3v) is 4.53. The summed E-state index contributed by atoms with van der Waals surface area (Å²) in [6.07, 6.45) is 0.732. The summed E-state index contributed by atoms with van der Waals surface area (Å²) in [5.74, 6) is 0.978. The Morgan fingerprint density at radius 1 is 1.16 bits per heavy atom. The quantitative estimate of drug-likeness (QED) is 0.577. The lowest BCUT2D eigenvalue weighted by atomic mass is 10.1. The molecule has 25 heavy (non-hydrogen) atoms. The van der Waals surface area contributed by atoms with E-state index in [0.29, 0.717) is 24.6 Å². The van der Waals surface area contributed by atoms with Gasteiger partial charge in [0.25, 0.3) is 0 Å². The molecule has 0 saturated carbocycles. The number of halogens is 1. The third kappa shape index (κ3) is 4.88. The maximum Gasteiger partial charge on any atom is 0.227 e. The van der Waals surface area contributed by atoms with Gasteiger partial charge in [-0.25, -0.2) is 0 Å². The van der Waals surface area contributed by atoms with E-state index in [1.54, 1.807) is 0 Å². The molecule has 128 valence electrons. The van der Waals surface area contributed by atoms with Crippen LogP contribution >= 0.6 is 22.6 Å². The molecule has 0 radical (unpaired) electrons. The molecular formula is C19H18IN3O2. The average molecular weight is 447 g/mol. The molecule has 0 saturated heterocycles. The highest BCUT2D eigenvalue weighted by Crippen LogP contribution is 2.18. The molecule has 0 unspecified atom stereocenters. The first-order chi connectivity index (χ1) is 12.1. The van der Waals surface area contributed by atoms with Gasteiger partial charge in [0.15, 0.2) is 0 Å². The Balaban J connectivity index is 1.53. The van der Waals surface area contributed by atoms with Crippen molar-refractivity contribution in [1.29, 1.82) is 0 Å². The van der Waals surface area contributed by atoms with Gasteiger partial charge < -0.3 is 9.84 Å². The highest BCUT2D eigenvalue weighted by atomic mass is 127. The Labute approximate surface area is 160 Å². The monoisotopic (exact) mass is 447 g/mol. The number of rotatable bonds is 6. The van der Waals surface area contributed by atoms with Crippen molar-refractivity contribution in [2.75, 3.05) is 0 Å². The highest BCUT2D eigenvalue weighted by molar-refractivity contribution is 14.1. The van der Waals surface area contributed by atoms with Gasteiger partial charge in [0.2, 0.25) is 17.6 Å². The molecule has 2 aromatic carbocycles. The van der Waals surface area contributed by atoms with E-state index in [4.69, 9.17) is 4.52 Å². The van der Waals surface area contributed by atoms with Crippen molar-refractivity contribution in [3.8, 4) is 11.4 Å². The number of aryl methyl sites for hydroxylation is 1. The lowest BCUT2D eigenvalue weighted by molar-refractivity contribution is -0.121. The minimum Gasteiger partial charge on any atom is -0.350 e. The first-order valence-corrected chi connectivity index (χ1v) is 9.12. The molecule has 0 aliphatic rings. The zero-order chi connectivity index (χ0) is 17.6. The van der Waals surface area contributed by atoms with E-state index in [-0.39, 0.29) is 11.9 Å². The van der Waals surface area contributed by atoms with E-state index in [0.717, 1.165) is 14.7 Å². The minimum atomic E-state index is -0.0367. The number of hydrogen-bond donors (Lipinski definition) is 1. The molecular weight excluding hydrogens is 429 g/mol. The van der Waals surface area contributed by atoms with Gasteiger partial charge in [0.1, 0.15) is 0 Å². The van der Waals surface area contributed by atoms with Gasteiger partial charge in [0, 0.05) is 22.0 Å². The second-order valence-corrected chi connectivity index (χ2v) is 6.96. The van der Waals surface area contributed by atoms with Crippen LogP contribution in [0.25, 0.3) is 11.4 Å². The van der Waals surface area contributed by atoms with Crippen LogP contribution < -0.4 is 5.32 Å². The van der Waals surface area contributed by atoms with Gasteiger partial charge in [-0.05, 0) is 47.2 Å². The highest BCUT2D eigenvalue weighted by Gasteiger charge is 2.13. The number of carbonyl (C=O) groups excluding carboxylic acids is 1. The molecule has 0 aliphatic heterocycles. The Morgan fingerprint density at radius 2 is 1.88 bits per heavy atom. The van der Waals surface area contributed by atoms with Gasteiger partial charge in [-0.1, -0.05) is 47.6 Å². The molecule has 0 bridgehead atoms. The van der Waals surface area contributed by atoms with Crippen molar-refractivity contribution in [3.63, 3.8) is 0 Å². The van der Waals surface area contributed by atoms with Crippen molar-refractivity contribution in [2.45, 2.75) is 25.8 Å². The standard InChI is InChI=1S/C19H18IN3O2/c1-13(14-5-3-2-4-6-14)21-17(24)11-12-18-22-19(23-25-18)15-7-9-16(20)10-8-15/h2-10,13H,11-12H2,1H3,(H,21,24)/t13-/m0/s1. The molecule has 1 heterocycles. The number of amides is 1.